The van der Waals surface area contributed by atoms with Gasteiger partial charge in [-0.25, -0.2) is 17.6 Å². The highest BCUT2D eigenvalue weighted by Gasteiger charge is 2.30. The van der Waals surface area contributed by atoms with Gasteiger partial charge in [0.2, 0.25) is 10.0 Å². The highest BCUT2D eigenvalue weighted by atomic mass is 32.2. The molecular weight excluding hydrogens is 371 g/mol. The molecule has 0 N–H and O–H groups in total. The fraction of sp³-hybridized carbons (Fsp3) is 0.316. The maximum atomic E-state index is 13.9. The van der Waals surface area contributed by atoms with Crippen LogP contribution in [0.4, 0.5) is 4.39 Å². The van der Waals surface area contributed by atoms with E-state index in [0.29, 0.717) is 38.3 Å². The number of piperazine rings is 1. The second-order valence-corrected chi connectivity index (χ2v) is 8.21. The van der Waals surface area contributed by atoms with E-state index in [-0.39, 0.29) is 10.9 Å². The molecule has 1 aliphatic heterocycles. The number of carbonyl (C=O) groups is 1. The van der Waals surface area contributed by atoms with E-state index in [0.717, 1.165) is 11.6 Å². The first-order valence-corrected chi connectivity index (χ1v) is 10.00. The van der Waals surface area contributed by atoms with Crippen LogP contribution >= 0.6 is 0 Å². The molecule has 2 aromatic rings. The Morgan fingerprint density at radius 1 is 1.04 bits per heavy atom. The summed E-state index contributed by atoms with van der Waals surface area (Å²) in [5, 5.41) is 0. The van der Waals surface area contributed by atoms with Crippen LogP contribution < -0.4 is 0 Å². The van der Waals surface area contributed by atoms with Crippen molar-refractivity contribution in [2.75, 3.05) is 33.3 Å². The Morgan fingerprint density at radius 3 is 2.26 bits per heavy atom. The van der Waals surface area contributed by atoms with E-state index in [2.05, 4.69) is 9.64 Å². The SMILES string of the molecule is COC(=O)c1ccc(CN2CCN(S(=O)(=O)c3ccccc3F)CC2)cc1. The lowest BCUT2D eigenvalue weighted by atomic mass is 10.1. The van der Waals surface area contributed by atoms with Crippen molar-refractivity contribution in [3.63, 3.8) is 0 Å². The zero-order valence-electron chi connectivity index (χ0n) is 15.0. The number of rotatable bonds is 5. The van der Waals surface area contributed by atoms with E-state index in [4.69, 9.17) is 0 Å². The van der Waals surface area contributed by atoms with Gasteiger partial charge < -0.3 is 4.74 Å². The number of esters is 1. The van der Waals surface area contributed by atoms with E-state index in [1.165, 1.54) is 29.6 Å². The molecule has 2 aromatic carbocycles. The third-order valence-electron chi connectivity index (χ3n) is 4.57. The van der Waals surface area contributed by atoms with Crippen LogP contribution in [0.3, 0.4) is 0 Å². The van der Waals surface area contributed by atoms with Gasteiger partial charge in [0.1, 0.15) is 10.7 Å². The molecule has 1 aliphatic rings. The lowest BCUT2D eigenvalue weighted by Gasteiger charge is -2.34. The van der Waals surface area contributed by atoms with E-state index in [1.807, 2.05) is 12.1 Å². The van der Waals surface area contributed by atoms with Crippen LogP contribution in [0.15, 0.2) is 53.4 Å². The summed E-state index contributed by atoms with van der Waals surface area (Å²) in [7, 11) is -2.49. The Hall–Kier alpha value is -2.29. The fourth-order valence-electron chi connectivity index (χ4n) is 3.04. The quantitative estimate of drug-likeness (QED) is 0.730. The van der Waals surface area contributed by atoms with Crippen molar-refractivity contribution in [2.45, 2.75) is 11.4 Å². The van der Waals surface area contributed by atoms with Gasteiger partial charge in [-0.1, -0.05) is 24.3 Å². The molecule has 0 bridgehead atoms. The van der Waals surface area contributed by atoms with Gasteiger partial charge in [0.05, 0.1) is 12.7 Å². The minimum absolute atomic E-state index is 0.281. The number of nitrogens with zero attached hydrogens (tertiary/aromatic N) is 2. The first-order chi connectivity index (χ1) is 12.9. The number of carbonyl (C=O) groups excluding carboxylic acids is 1. The highest BCUT2D eigenvalue weighted by molar-refractivity contribution is 7.89. The zero-order chi connectivity index (χ0) is 19.4. The fourth-order valence-corrected chi connectivity index (χ4v) is 4.53. The molecule has 0 saturated carbocycles. The molecule has 1 saturated heterocycles. The average Bonchev–Trinajstić information content (AvgIpc) is 2.68. The van der Waals surface area contributed by atoms with Gasteiger partial charge >= 0.3 is 5.97 Å². The summed E-state index contributed by atoms with van der Waals surface area (Å²) in [4.78, 5) is 13.3. The van der Waals surface area contributed by atoms with Crippen LogP contribution in [0.25, 0.3) is 0 Å². The lowest BCUT2D eigenvalue weighted by molar-refractivity contribution is 0.0600. The predicted molar refractivity (Wildman–Crippen MR) is 98.2 cm³/mol. The summed E-state index contributed by atoms with van der Waals surface area (Å²) in [5.74, 6) is -1.11. The van der Waals surface area contributed by atoms with Crippen molar-refractivity contribution in [3.8, 4) is 0 Å². The maximum absolute atomic E-state index is 13.9. The Kier molecular flexibility index (Phi) is 5.88. The molecule has 8 heteroatoms. The van der Waals surface area contributed by atoms with Gasteiger partial charge in [-0.3, -0.25) is 4.90 Å². The second kappa shape index (κ2) is 8.16. The summed E-state index contributed by atoms with van der Waals surface area (Å²) in [6.45, 7) is 2.35. The molecule has 6 nitrogen and oxygen atoms in total. The van der Waals surface area contributed by atoms with Crippen molar-refractivity contribution < 1.29 is 22.3 Å². The number of ether oxygens (including phenoxy) is 1. The number of hydrogen-bond donors (Lipinski definition) is 0. The third kappa shape index (κ3) is 4.35. The van der Waals surface area contributed by atoms with E-state index in [9.17, 15) is 17.6 Å². The molecule has 144 valence electrons. The summed E-state index contributed by atoms with van der Waals surface area (Å²) < 4.78 is 45.1. The van der Waals surface area contributed by atoms with Gasteiger partial charge in [0, 0.05) is 32.7 Å². The maximum Gasteiger partial charge on any atom is 0.337 e. The molecule has 0 amide bonds. The van der Waals surface area contributed by atoms with Gasteiger partial charge in [0.15, 0.2) is 0 Å². The van der Waals surface area contributed by atoms with Crippen molar-refractivity contribution in [1.29, 1.82) is 0 Å². The third-order valence-corrected chi connectivity index (χ3v) is 6.50. The highest BCUT2D eigenvalue weighted by Crippen LogP contribution is 2.21. The molecule has 0 spiro atoms. The Labute approximate surface area is 158 Å². The van der Waals surface area contributed by atoms with Crippen molar-refractivity contribution in [3.05, 3.63) is 65.5 Å². The molecule has 0 unspecified atom stereocenters. The molecule has 3 rings (SSSR count). The largest absolute Gasteiger partial charge is 0.465 e. The smallest absolute Gasteiger partial charge is 0.337 e. The van der Waals surface area contributed by atoms with Crippen LogP contribution in [-0.2, 0) is 21.3 Å². The molecule has 1 heterocycles. The summed E-state index contributed by atoms with van der Waals surface area (Å²) in [6, 6.07) is 12.6. The molecule has 0 radical (unpaired) electrons. The predicted octanol–water partition coefficient (Wildman–Crippen LogP) is 2.12. The van der Waals surface area contributed by atoms with Gasteiger partial charge in [-0.2, -0.15) is 4.31 Å². The summed E-state index contributed by atoms with van der Waals surface area (Å²) in [6.07, 6.45) is 0. The van der Waals surface area contributed by atoms with E-state index in [1.54, 1.807) is 12.1 Å². The standard InChI is InChI=1S/C19H21FN2O4S/c1-26-19(23)16-8-6-15(7-9-16)14-21-10-12-22(13-11-21)27(24,25)18-5-3-2-4-17(18)20/h2-9H,10-14H2,1H3. The lowest BCUT2D eigenvalue weighted by Crippen LogP contribution is -2.48. The van der Waals surface area contributed by atoms with Gasteiger partial charge in [0.25, 0.3) is 0 Å². The van der Waals surface area contributed by atoms with Gasteiger partial charge in [-0.15, -0.1) is 0 Å². The molecule has 0 aromatic heterocycles. The van der Waals surface area contributed by atoms with E-state index < -0.39 is 15.8 Å². The molecular formula is C19H21FN2O4S. The Morgan fingerprint density at radius 2 is 1.67 bits per heavy atom. The van der Waals surface area contributed by atoms with Crippen molar-refractivity contribution in [1.82, 2.24) is 9.21 Å². The number of hydrogen-bond acceptors (Lipinski definition) is 5. The average molecular weight is 392 g/mol. The van der Waals surface area contributed by atoms with Gasteiger partial charge in [-0.05, 0) is 29.8 Å². The van der Waals surface area contributed by atoms with Crippen LogP contribution in [0, 0.1) is 5.82 Å². The summed E-state index contributed by atoms with van der Waals surface area (Å²) in [5.41, 5.74) is 1.51. The molecule has 0 atom stereocenters. The number of benzene rings is 2. The normalized spacial score (nSPS) is 16.2. The monoisotopic (exact) mass is 392 g/mol. The van der Waals surface area contributed by atoms with Crippen molar-refractivity contribution in [2.24, 2.45) is 0 Å². The molecule has 1 fully saturated rings. The van der Waals surface area contributed by atoms with Crippen LogP contribution in [0.1, 0.15) is 15.9 Å². The van der Waals surface area contributed by atoms with Crippen LogP contribution in [0.5, 0.6) is 0 Å². The first kappa shape index (κ1) is 19.5. The number of methoxy groups -OCH3 is 1. The Balaban J connectivity index is 1.60. The minimum Gasteiger partial charge on any atom is -0.465 e. The number of sulfonamides is 1. The zero-order valence-corrected chi connectivity index (χ0v) is 15.8. The van der Waals surface area contributed by atoms with Crippen LogP contribution in [0.2, 0.25) is 0 Å². The molecule has 27 heavy (non-hydrogen) atoms. The second-order valence-electron chi connectivity index (χ2n) is 6.30. The number of halogens is 1. The first-order valence-electron chi connectivity index (χ1n) is 8.56. The minimum atomic E-state index is -3.83. The summed E-state index contributed by atoms with van der Waals surface area (Å²) >= 11 is 0. The van der Waals surface area contributed by atoms with Crippen molar-refractivity contribution >= 4 is 16.0 Å². The topological polar surface area (TPSA) is 66.9 Å². The van der Waals surface area contributed by atoms with E-state index >= 15 is 0 Å². The molecule has 0 aliphatic carbocycles. The Bertz CT molecular complexity index is 908. The van der Waals surface area contributed by atoms with Crippen LogP contribution in [-0.4, -0.2) is 56.9 Å².